The molecule has 0 aromatic rings. The van der Waals surface area contributed by atoms with Gasteiger partial charge in [-0.05, 0) is 6.42 Å². The highest BCUT2D eigenvalue weighted by Crippen LogP contribution is 2.09. The summed E-state index contributed by atoms with van der Waals surface area (Å²) in [5.74, 6) is -1.88. The normalized spacial score (nSPS) is 14.0. The van der Waals surface area contributed by atoms with Crippen LogP contribution in [-0.2, 0) is 9.59 Å². The molecule has 3 N–H and O–H groups in total. The molecule has 0 aliphatic carbocycles. The molecular weight excluding hydrogens is 270 g/mol. The number of carbonyl (C=O) groups excluding carboxylic acids is 1. The van der Waals surface area contributed by atoms with Gasteiger partial charge in [-0.3, -0.25) is 19.9 Å². The van der Waals surface area contributed by atoms with E-state index in [9.17, 15) is 9.59 Å². The zero-order valence-corrected chi connectivity index (χ0v) is 12.8. The summed E-state index contributed by atoms with van der Waals surface area (Å²) >= 11 is 0. The van der Waals surface area contributed by atoms with Crippen molar-refractivity contribution < 1.29 is 18.8 Å². The smallest absolute Gasteiger partial charge is 0.322 e. The van der Waals surface area contributed by atoms with Crippen molar-refractivity contribution in [2.24, 2.45) is 4.99 Å². The summed E-state index contributed by atoms with van der Waals surface area (Å²) in [6.45, 7) is -0.993. The van der Waals surface area contributed by atoms with Crippen molar-refractivity contribution in [1.82, 2.24) is 10.6 Å². The van der Waals surface area contributed by atoms with Gasteiger partial charge >= 0.3 is 5.97 Å². The Labute approximate surface area is 131 Å². The lowest BCUT2D eigenvalue weighted by Crippen LogP contribution is -2.42. The van der Waals surface area contributed by atoms with Crippen LogP contribution < -0.4 is 10.6 Å². The van der Waals surface area contributed by atoms with E-state index >= 15 is 0 Å². The largest absolute Gasteiger partial charge is 0.480 e. The monoisotopic (exact) mass is 302 g/mol. The van der Waals surface area contributed by atoms with Gasteiger partial charge < -0.3 is 10.4 Å². The molecule has 0 rings (SSSR count). The number of nitrogens with one attached hydrogen (secondary N) is 2. The fourth-order valence-corrected chi connectivity index (χ4v) is 1.89. The van der Waals surface area contributed by atoms with Crippen molar-refractivity contribution in [3.05, 3.63) is 0 Å². The molecule has 0 heterocycles. The molecule has 0 atom stereocenters. The van der Waals surface area contributed by atoms with Crippen LogP contribution in [0.2, 0.25) is 0 Å². The van der Waals surface area contributed by atoms with E-state index in [2.05, 4.69) is 22.5 Å². The number of amides is 1. The van der Waals surface area contributed by atoms with Gasteiger partial charge in [-0.2, -0.15) is 0 Å². The number of aliphatic carboxylic acids is 1. The van der Waals surface area contributed by atoms with Crippen molar-refractivity contribution in [3.63, 3.8) is 0 Å². The van der Waals surface area contributed by atoms with Crippen LogP contribution >= 0.6 is 0 Å². The Morgan fingerprint density at radius 2 is 1.71 bits per heavy atom. The van der Waals surface area contributed by atoms with Crippen molar-refractivity contribution in [2.45, 2.75) is 64.7 Å². The molecule has 0 unspecified atom stereocenters. The summed E-state index contributed by atoms with van der Waals surface area (Å²) in [4.78, 5) is 25.6. The SMILES string of the molecule is [2H]C([2H])([2H])N=C(NCC(=O)O)NC(=O)CCCCCCCCCC. The predicted octanol–water partition coefficient (Wildman–Crippen LogP) is 2.29. The van der Waals surface area contributed by atoms with Gasteiger partial charge in [0.15, 0.2) is 5.96 Å². The number of nitrogens with zero attached hydrogens (tertiary/aromatic N) is 1. The number of carbonyl (C=O) groups is 2. The van der Waals surface area contributed by atoms with Gasteiger partial charge in [0.1, 0.15) is 6.54 Å². The zero-order chi connectivity index (χ0) is 18.4. The van der Waals surface area contributed by atoms with Gasteiger partial charge in [-0.25, -0.2) is 0 Å². The molecular formula is C15H29N3O3. The molecule has 1 amide bonds. The van der Waals surface area contributed by atoms with Crippen molar-refractivity contribution in [1.29, 1.82) is 0 Å². The molecule has 0 aromatic heterocycles. The van der Waals surface area contributed by atoms with E-state index in [4.69, 9.17) is 9.22 Å². The summed E-state index contributed by atoms with van der Waals surface area (Å²) in [6.07, 6.45) is 9.08. The third kappa shape index (κ3) is 13.2. The maximum Gasteiger partial charge on any atom is 0.322 e. The number of hydrogen-bond donors (Lipinski definition) is 3. The standard InChI is InChI=1S/C15H29N3O3/c1-3-4-5-6-7-8-9-10-11-13(19)18-15(16-2)17-12-14(20)21/h3-12H2,1-2H3,(H,20,21)(H2,16,17,18,19)/i2D3. The topological polar surface area (TPSA) is 90.8 Å². The van der Waals surface area contributed by atoms with E-state index in [1.807, 2.05) is 0 Å². The summed E-state index contributed by atoms with van der Waals surface area (Å²) < 4.78 is 21.2. The van der Waals surface area contributed by atoms with Crippen LogP contribution in [-0.4, -0.2) is 36.5 Å². The molecule has 0 saturated carbocycles. The van der Waals surface area contributed by atoms with Crippen LogP contribution in [0.1, 0.15) is 68.8 Å². The van der Waals surface area contributed by atoms with Crippen molar-refractivity contribution in [3.8, 4) is 0 Å². The first-order valence-corrected chi connectivity index (χ1v) is 7.60. The first-order chi connectivity index (χ1) is 11.2. The van der Waals surface area contributed by atoms with Gasteiger partial charge in [0.25, 0.3) is 0 Å². The molecule has 6 nitrogen and oxygen atoms in total. The zero-order valence-electron chi connectivity index (χ0n) is 15.8. The van der Waals surface area contributed by atoms with E-state index in [0.29, 0.717) is 6.42 Å². The Kier molecular flexibility index (Phi) is 9.15. The minimum absolute atomic E-state index is 0.254. The molecule has 0 spiro atoms. The number of carboxylic acids is 1. The molecule has 0 saturated heterocycles. The second kappa shape index (κ2) is 13.4. The second-order valence-corrected chi connectivity index (χ2v) is 4.98. The van der Waals surface area contributed by atoms with Gasteiger partial charge in [-0.1, -0.05) is 51.9 Å². The first kappa shape index (κ1) is 14.4. The van der Waals surface area contributed by atoms with E-state index in [0.717, 1.165) is 19.3 Å². The van der Waals surface area contributed by atoms with Crippen LogP contribution in [0.15, 0.2) is 4.99 Å². The Morgan fingerprint density at radius 3 is 2.29 bits per heavy atom. The van der Waals surface area contributed by atoms with Crippen LogP contribution in [0.5, 0.6) is 0 Å². The number of hydrogen-bond acceptors (Lipinski definition) is 3. The minimum atomic E-state index is -2.65. The molecule has 0 aliphatic rings. The molecule has 122 valence electrons. The highest BCUT2D eigenvalue weighted by atomic mass is 16.4. The number of rotatable bonds is 11. The Morgan fingerprint density at radius 1 is 1.10 bits per heavy atom. The van der Waals surface area contributed by atoms with E-state index < -0.39 is 19.5 Å². The highest BCUT2D eigenvalue weighted by Gasteiger charge is 2.06. The van der Waals surface area contributed by atoms with E-state index in [-0.39, 0.29) is 18.3 Å². The lowest BCUT2D eigenvalue weighted by atomic mass is 10.1. The van der Waals surface area contributed by atoms with Crippen molar-refractivity contribution in [2.75, 3.05) is 13.5 Å². The van der Waals surface area contributed by atoms with E-state index in [1.54, 1.807) is 0 Å². The Hall–Kier alpha value is -1.59. The third-order valence-corrected chi connectivity index (χ3v) is 3.03. The molecule has 0 bridgehead atoms. The highest BCUT2D eigenvalue weighted by molar-refractivity contribution is 5.97. The third-order valence-electron chi connectivity index (χ3n) is 3.03. The molecule has 0 aliphatic heterocycles. The number of carboxylic acid groups (broad SMARTS) is 1. The predicted molar refractivity (Wildman–Crippen MR) is 84.4 cm³/mol. The fourth-order valence-electron chi connectivity index (χ4n) is 1.89. The second-order valence-electron chi connectivity index (χ2n) is 4.98. The summed E-state index contributed by atoms with van der Waals surface area (Å²) in [6, 6.07) is 0. The van der Waals surface area contributed by atoms with Crippen LogP contribution in [0.4, 0.5) is 0 Å². The summed E-state index contributed by atoms with van der Waals surface area (Å²) in [7, 11) is 0. The van der Waals surface area contributed by atoms with Crippen molar-refractivity contribution >= 4 is 17.8 Å². The lowest BCUT2D eigenvalue weighted by molar-refractivity contribution is -0.135. The van der Waals surface area contributed by atoms with Gasteiger partial charge in [-0.15, -0.1) is 0 Å². The van der Waals surface area contributed by atoms with Crippen LogP contribution in [0.25, 0.3) is 0 Å². The maximum absolute atomic E-state index is 11.8. The van der Waals surface area contributed by atoms with Crippen LogP contribution in [0.3, 0.4) is 0 Å². The fraction of sp³-hybridized carbons (Fsp3) is 0.800. The number of aliphatic imine (C=N–C) groups is 1. The first-order valence-electron chi connectivity index (χ1n) is 9.10. The number of unbranched alkanes of at least 4 members (excludes halogenated alkanes) is 7. The molecule has 0 fully saturated rings. The molecule has 0 aromatic carbocycles. The van der Waals surface area contributed by atoms with E-state index in [1.165, 1.54) is 25.7 Å². The molecule has 21 heavy (non-hydrogen) atoms. The number of guanidine groups is 1. The quantitative estimate of drug-likeness (QED) is 0.310. The summed E-state index contributed by atoms with van der Waals surface area (Å²) in [5.41, 5.74) is 0. The maximum atomic E-state index is 11.8. The average molecular weight is 302 g/mol. The molecule has 6 heteroatoms. The lowest BCUT2D eigenvalue weighted by Gasteiger charge is -2.09. The Bertz CT molecular complexity index is 413. The average Bonchev–Trinajstić information content (AvgIpc) is 2.46. The van der Waals surface area contributed by atoms with Gasteiger partial charge in [0.05, 0.1) is 0 Å². The van der Waals surface area contributed by atoms with Gasteiger partial charge in [0.2, 0.25) is 5.91 Å². The van der Waals surface area contributed by atoms with Crippen LogP contribution in [0, 0.1) is 0 Å². The van der Waals surface area contributed by atoms with Gasteiger partial charge in [0, 0.05) is 17.5 Å². The summed E-state index contributed by atoms with van der Waals surface area (Å²) in [5, 5.41) is 13.2. The Balaban J connectivity index is 4.05. The molecule has 0 radical (unpaired) electrons. The minimum Gasteiger partial charge on any atom is -0.480 e.